The number of ether oxygens (including phenoxy) is 1. The van der Waals surface area contributed by atoms with E-state index < -0.39 is 0 Å². The summed E-state index contributed by atoms with van der Waals surface area (Å²) in [5.41, 5.74) is 1.35. The summed E-state index contributed by atoms with van der Waals surface area (Å²) in [4.78, 5) is 2.63. The van der Waals surface area contributed by atoms with E-state index in [4.69, 9.17) is 16.3 Å². The molecule has 2 heterocycles. The van der Waals surface area contributed by atoms with Crippen molar-refractivity contribution < 1.29 is 4.74 Å². The second-order valence-corrected chi connectivity index (χ2v) is 7.42. The molecule has 2 aliphatic heterocycles. The molecule has 0 radical (unpaired) electrons. The first-order valence-electron chi connectivity index (χ1n) is 9.06. The Kier molecular flexibility index (Phi) is 6.35. The van der Waals surface area contributed by atoms with E-state index in [1.54, 1.807) is 0 Å². The topological polar surface area (TPSA) is 24.5 Å². The largest absolute Gasteiger partial charge is 0.381 e. The van der Waals surface area contributed by atoms with Gasteiger partial charge in [-0.05, 0) is 62.4 Å². The van der Waals surface area contributed by atoms with E-state index in [9.17, 15) is 0 Å². The van der Waals surface area contributed by atoms with Crippen LogP contribution in [0.5, 0.6) is 0 Å². The minimum absolute atomic E-state index is 0.437. The molecule has 2 atom stereocenters. The maximum atomic E-state index is 6.00. The molecular formula is C19H29ClN2O. The molecule has 0 bridgehead atoms. The Labute approximate surface area is 145 Å². The first kappa shape index (κ1) is 17.2. The quantitative estimate of drug-likeness (QED) is 0.853. The zero-order valence-electron chi connectivity index (χ0n) is 14.1. The van der Waals surface area contributed by atoms with Crippen LogP contribution in [0, 0.1) is 5.92 Å². The molecule has 23 heavy (non-hydrogen) atoms. The van der Waals surface area contributed by atoms with Crippen molar-refractivity contribution in [2.75, 3.05) is 32.8 Å². The van der Waals surface area contributed by atoms with Crippen molar-refractivity contribution in [3.63, 3.8) is 0 Å². The van der Waals surface area contributed by atoms with E-state index >= 15 is 0 Å². The summed E-state index contributed by atoms with van der Waals surface area (Å²) < 4.78 is 5.50. The summed E-state index contributed by atoms with van der Waals surface area (Å²) in [6, 6.07) is 9.36. The van der Waals surface area contributed by atoms with Crippen LogP contribution in [0.25, 0.3) is 0 Å². The average molecular weight is 337 g/mol. The number of hydrogen-bond acceptors (Lipinski definition) is 3. The van der Waals surface area contributed by atoms with E-state index in [-0.39, 0.29) is 0 Å². The molecule has 0 unspecified atom stereocenters. The van der Waals surface area contributed by atoms with Crippen LogP contribution in [0.15, 0.2) is 24.3 Å². The van der Waals surface area contributed by atoms with Gasteiger partial charge in [-0.25, -0.2) is 0 Å². The van der Waals surface area contributed by atoms with Gasteiger partial charge in [0.05, 0.1) is 6.61 Å². The van der Waals surface area contributed by atoms with Crippen molar-refractivity contribution in [1.29, 1.82) is 0 Å². The van der Waals surface area contributed by atoms with Gasteiger partial charge < -0.3 is 15.0 Å². The number of halogens is 1. The smallest absolute Gasteiger partial charge is 0.0507 e. The second-order valence-electron chi connectivity index (χ2n) is 6.98. The summed E-state index contributed by atoms with van der Waals surface area (Å²) in [6.07, 6.45) is 4.85. The molecule has 128 valence electrons. The Morgan fingerprint density at radius 2 is 1.96 bits per heavy atom. The maximum Gasteiger partial charge on any atom is 0.0507 e. The monoisotopic (exact) mass is 336 g/mol. The third-order valence-electron chi connectivity index (χ3n) is 5.25. The molecule has 2 aliphatic rings. The Morgan fingerprint density at radius 3 is 2.57 bits per heavy atom. The van der Waals surface area contributed by atoms with Gasteiger partial charge in [-0.15, -0.1) is 0 Å². The molecule has 2 fully saturated rings. The predicted molar refractivity (Wildman–Crippen MR) is 96.0 cm³/mol. The van der Waals surface area contributed by atoms with Gasteiger partial charge in [-0.2, -0.15) is 0 Å². The molecule has 0 aliphatic carbocycles. The number of piperidine rings is 1. The summed E-state index contributed by atoms with van der Waals surface area (Å²) in [5.74, 6) is 0.761. The van der Waals surface area contributed by atoms with Crippen molar-refractivity contribution in [2.24, 2.45) is 5.92 Å². The predicted octanol–water partition coefficient (Wildman–Crippen LogP) is 3.88. The van der Waals surface area contributed by atoms with Crippen LogP contribution in [0.3, 0.4) is 0 Å². The zero-order chi connectivity index (χ0) is 16.1. The van der Waals surface area contributed by atoms with Crippen LogP contribution >= 0.6 is 11.6 Å². The van der Waals surface area contributed by atoms with E-state index in [2.05, 4.69) is 29.3 Å². The Balaban J connectivity index is 1.46. The third-order valence-corrected chi connectivity index (χ3v) is 5.50. The summed E-state index contributed by atoms with van der Waals surface area (Å²) in [7, 11) is 0. The normalized spacial score (nSPS) is 24.9. The molecule has 3 rings (SSSR count). The fraction of sp³-hybridized carbons (Fsp3) is 0.684. The van der Waals surface area contributed by atoms with Gasteiger partial charge in [0.1, 0.15) is 0 Å². The maximum absolute atomic E-state index is 6.00. The number of benzene rings is 1. The summed E-state index contributed by atoms with van der Waals surface area (Å²) in [6.45, 7) is 7.83. The molecular weight excluding hydrogens is 308 g/mol. The van der Waals surface area contributed by atoms with Crippen LogP contribution in [0.4, 0.5) is 0 Å². The molecule has 0 amide bonds. The highest BCUT2D eigenvalue weighted by Crippen LogP contribution is 2.23. The first-order chi connectivity index (χ1) is 11.2. The number of nitrogens with one attached hydrogen (secondary N) is 1. The Bertz CT molecular complexity index is 465. The van der Waals surface area contributed by atoms with Gasteiger partial charge in [0.15, 0.2) is 0 Å². The van der Waals surface area contributed by atoms with E-state index in [0.29, 0.717) is 12.1 Å². The molecule has 0 spiro atoms. The molecule has 1 aromatic carbocycles. The van der Waals surface area contributed by atoms with Gasteiger partial charge in [-0.1, -0.05) is 30.7 Å². The van der Waals surface area contributed by atoms with Crippen molar-refractivity contribution in [2.45, 2.75) is 44.7 Å². The van der Waals surface area contributed by atoms with E-state index in [0.717, 1.165) is 30.6 Å². The lowest BCUT2D eigenvalue weighted by atomic mass is 9.98. The molecule has 1 N–H and O–H groups in total. The lowest BCUT2D eigenvalue weighted by Gasteiger charge is -2.35. The minimum Gasteiger partial charge on any atom is -0.381 e. The van der Waals surface area contributed by atoms with Crippen LogP contribution in [0.1, 0.15) is 44.2 Å². The first-order valence-corrected chi connectivity index (χ1v) is 9.44. The number of likely N-dealkylation sites (tertiary alicyclic amines) is 1. The van der Waals surface area contributed by atoms with Gasteiger partial charge in [0, 0.05) is 30.3 Å². The molecule has 1 aromatic rings. The second kappa shape index (κ2) is 8.48. The molecule has 0 aromatic heterocycles. The van der Waals surface area contributed by atoms with Crippen LogP contribution in [-0.4, -0.2) is 43.8 Å². The molecule has 2 saturated heterocycles. The molecule has 4 heteroatoms. The van der Waals surface area contributed by atoms with E-state index in [1.165, 1.54) is 44.5 Å². The highest BCUT2D eigenvalue weighted by atomic mass is 35.5. The van der Waals surface area contributed by atoms with Gasteiger partial charge >= 0.3 is 0 Å². The van der Waals surface area contributed by atoms with Gasteiger partial charge in [0.2, 0.25) is 0 Å². The Morgan fingerprint density at radius 1 is 1.22 bits per heavy atom. The molecule has 0 saturated carbocycles. The highest BCUT2D eigenvalue weighted by molar-refractivity contribution is 6.30. The number of rotatable bonds is 6. The summed E-state index contributed by atoms with van der Waals surface area (Å²) >= 11 is 6.00. The fourth-order valence-corrected chi connectivity index (χ4v) is 3.93. The van der Waals surface area contributed by atoms with Gasteiger partial charge in [-0.3, -0.25) is 0 Å². The van der Waals surface area contributed by atoms with Crippen LogP contribution in [0.2, 0.25) is 5.02 Å². The standard InChI is InChI=1S/C19H29ClN2O/c1-2-19(16-3-5-17(20)6-4-16)21-18-7-10-22(11-8-18)13-15-9-12-23-14-15/h3-6,15,18-19,21H,2,7-14H2,1H3/t15-,19+/m0/s1. The minimum atomic E-state index is 0.437. The number of hydrogen-bond donors (Lipinski definition) is 1. The van der Waals surface area contributed by atoms with Crippen molar-refractivity contribution in [3.05, 3.63) is 34.9 Å². The van der Waals surface area contributed by atoms with E-state index in [1.807, 2.05) is 12.1 Å². The lowest BCUT2D eigenvalue weighted by molar-refractivity contribution is 0.145. The van der Waals surface area contributed by atoms with Crippen molar-refractivity contribution >= 4 is 11.6 Å². The van der Waals surface area contributed by atoms with Crippen LogP contribution in [-0.2, 0) is 4.74 Å². The average Bonchev–Trinajstić information content (AvgIpc) is 3.08. The van der Waals surface area contributed by atoms with Crippen molar-refractivity contribution in [3.8, 4) is 0 Å². The lowest BCUT2D eigenvalue weighted by Crippen LogP contribution is -2.45. The highest BCUT2D eigenvalue weighted by Gasteiger charge is 2.25. The summed E-state index contributed by atoms with van der Waals surface area (Å²) in [5, 5.41) is 4.67. The number of nitrogens with zero attached hydrogens (tertiary/aromatic N) is 1. The Hall–Kier alpha value is -0.610. The zero-order valence-corrected chi connectivity index (χ0v) is 14.9. The fourth-order valence-electron chi connectivity index (χ4n) is 3.80. The SMILES string of the molecule is CC[C@@H](NC1CCN(C[C@@H]2CCOC2)CC1)c1ccc(Cl)cc1. The van der Waals surface area contributed by atoms with Crippen LogP contribution < -0.4 is 5.32 Å². The molecule has 3 nitrogen and oxygen atoms in total. The third kappa shape index (κ3) is 4.93. The van der Waals surface area contributed by atoms with Gasteiger partial charge in [0.25, 0.3) is 0 Å². The van der Waals surface area contributed by atoms with Crippen molar-refractivity contribution in [1.82, 2.24) is 10.2 Å².